The minimum Gasteiger partial charge on any atom is -0.478 e. The molecule has 1 saturated carbocycles. The lowest BCUT2D eigenvalue weighted by Crippen LogP contribution is -2.32. The summed E-state index contributed by atoms with van der Waals surface area (Å²) in [6, 6.07) is 12.1. The van der Waals surface area contributed by atoms with Gasteiger partial charge in [0.15, 0.2) is 0 Å². The van der Waals surface area contributed by atoms with Crippen molar-refractivity contribution in [2.75, 3.05) is 37.6 Å². The molecule has 6 rings (SSSR count). The van der Waals surface area contributed by atoms with Crippen LogP contribution in [-0.2, 0) is 6.54 Å². The number of rotatable bonds is 6. The SMILES string of the molecule is O=C(O)c1ccc2c(C3CCCCC3)c3n(c2c1)CCN(CCCN1CCCCCC1)c1cc(Cl)ccc1-3. The van der Waals surface area contributed by atoms with E-state index in [1.807, 2.05) is 12.1 Å². The molecule has 3 aliphatic rings. The molecule has 2 fully saturated rings. The van der Waals surface area contributed by atoms with E-state index in [0.29, 0.717) is 11.5 Å². The van der Waals surface area contributed by atoms with Gasteiger partial charge in [0.25, 0.3) is 0 Å². The lowest BCUT2D eigenvalue weighted by Gasteiger charge is -2.28. The molecule has 0 radical (unpaired) electrons. The van der Waals surface area contributed by atoms with Gasteiger partial charge in [-0.05, 0) is 93.6 Å². The molecule has 0 spiro atoms. The number of fused-ring (bicyclic) bond motifs is 5. The molecule has 202 valence electrons. The second-order valence-corrected chi connectivity index (χ2v) is 12.0. The van der Waals surface area contributed by atoms with Crippen LogP contribution in [0.15, 0.2) is 36.4 Å². The highest BCUT2D eigenvalue weighted by Crippen LogP contribution is 2.48. The van der Waals surface area contributed by atoms with Crippen LogP contribution in [-0.4, -0.2) is 53.3 Å². The summed E-state index contributed by atoms with van der Waals surface area (Å²) in [5, 5.41) is 11.8. The highest BCUT2D eigenvalue weighted by atomic mass is 35.5. The second-order valence-electron chi connectivity index (χ2n) is 11.5. The van der Waals surface area contributed by atoms with Crippen LogP contribution in [0.1, 0.15) is 86.0 Å². The average molecular weight is 534 g/mol. The molecule has 2 aromatic carbocycles. The van der Waals surface area contributed by atoms with E-state index in [2.05, 4.69) is 32.6 Å². The number of nitrogens with zero attached hydrogens (tertiary/aromatic N) is 3. The summed E-state index contributed by atoms with van der Waals surface area (Å²) in [5.74, 6) is -0.353. The third kappa shape index (κ3) is 5.08. The van der Waals surface area contributed by atoms with Crippen LogP contribution < -0.4 is 4.90 Å². The van der Waals surface area contributed by atoms with Gasteiger partial charge in [-0.25, -0.2) is 4.79 Å². The molecule has 1 aliphatic carbocycles. The fourth-order valence-electron chi connectivity index (χ4n) is 7.22. The summed E-state index contributed by atoms with van der Waals surface area (Å²) in [4.78, 5) is 17.1. The van der Waals surface area contributed by atoms with Crippen molar-refractivity contribution >= 4 is 34.2 Å². The van der Waals surface area contributed by atoms with Gasteiger partial charge < -0.3 is 19.5 Å². The number of anilines is 1. The Morgan fingerprint density at radius 2 is 1.63 bits per heavy atom. The third-order valence-corrected chi connectivity index (χ3v) is 9.35. The molecule has 1 N–H and O–H groups in total. The molecule has 38 heavy (non-hydrogen) atoms. The van der Waals surface area contributed by atoms with Crippen molar-refractivity contribution < 1.29 is 9.90 Å². The van der Waals surface area contributed by atoms with Crippen molar-refractivity contribution in [3.05, 3.63) is 52.5 Å². The van der Waals surface area contributed by atoms with E-state index in [9.17, 15) is 9.90 Å². The van der Waals surface area contributed by atoms with Crippen molar-refractivity contribution in [3.8, 4) is 11.3 Å². The molecule has 1 saturated heterocycles. The first-order chi connectivity index (χ1) is 18.6. The molecule has 0 atom stereocenters. The van der Waals surface area contributed by atoms with E-state index in [-0.39, 0.29) is 0 Å². The summed E-state index contributed by atoms with van der Waals surface area (Å²) < 4.78 is 2.42. The summed E-state index contributed by atoms with van der Waals surface area (Å²) in [7, 11) is 0. The van der Waals surface area contributed by atoms with Gasteiger partial charge in [0.1, 0.15) is 0 Å². The fourth-order valence-corrected chi connectivity index (χ4v) is 7.39. The van der Waals surface area contributed by atoms with Crippen LogP contribution in [0.25, 0.3) is 22.2 Å². The molecule has 3 aromatic rings. The topological polar surface area (TPSA) is 48.7 Å². The van der Waals surface area contributed by atoms with Gasteiger partial charge in [0, 0.05) is 46.8 Å². The molecule has 0 unspecified atom stereocenters. The van der Waals surface area contributed by atoms with Gasteiger partial charge in [0.2, 0.25) is 0 Å². The van der Waals surface area contributed by atoms with Crippen molar-refractivity contribution in [2.24, 2.45) is 0 Å². The molecule has 0 bridgehead atoms. The number of benzene rings is 2. The molecule has 6 heteroatoms. The van der Waals surface area contributed by atoms with Gasteiger partial charge in [-0.15, -0.1) is 0 Å². The van der Waals surface area contributed by atoms with Gasteiger partial charge in [-0.1, -0.05) is 49.8 Å². The molecule has 5 nitrogen and oxygen atoms in total. The average Bonchev–Trinajstić information content (AvgIpc) is 3.06. The van der Waals surface area contributed by atoms with E-state index in [0.717, 1.165) is 43.1 Å². The van der Waals surface area contributed by atoms with Crippen molar-refractivity contribution in [1.82, 2.24) is 9.47 Å². The number of hydrogen-bond acceptors (Lipinski definition) is 3. The van der Waals surface area contributed by atoms with Crippen molar-refractivity contribution in [3.63, 3.8) is 0 Å². The predicted molar refractivity (Wildman–Crippen MR) is 157 cm³/mol. The normalized spacial score (nSPS) is 19.1. The summed E-state index contributed by atoms with van der Waals surface area (Å²) >= 11 is 6.61. The zero-order chi connectivity index (χ0) is 26.1. The van der Waals surface area contributed by atoms with E-state index in [4.69, 9.17) is 11.6 Å². The highest BCUT2D eigenvalue weighted by molar-refractivity contribution is 6.31. The first kappa shape index (κ1) is 25.8. The Kier molecular flexibility index (Phi) is 7.67. The van der Waals surface area contributed by atoms with Crippen LogP contribution in [0.4, 0.5) is 5.69 Å². The number of aromatic carboxylic acids is 1. The molecule has 2 aliphatic heterocycles. The minimum atomic E-state index is -0.863. The zero-order valence-corrected chi connectivity index (χ0v) is 23.2. The number of halogens is 1. The van der Waals surface area contributed by atoms with Gasteiger partial charge in [0.05, 0.1) is 11.3 Å². The van der Waals surface area contributed by atoms with Crippen molar-refractivity contribution in [1.29, 1.82) is 0 Å². The Hall–Kier alpha value is -2.50. The smallest absolute Gasteiger partial charge is 0.335 e. The molecular formula is C32H40ClN3O2. The van der Waals surface area contributed by atoms with E-state index in [1.54, 1.807) is 6.07 Å². The lowest BCUT2D eigenvalue weighted by molar-refractivity contribution is 0.0697. The van der Waals surface area contributed by atoms with E-state index < -0.39 is 5.97 Å². The van der Waals surface area contributed by atoms with Gasteiger partial charge in [-0.3, -0.25) is 0 Å². The maximum atomic E-state index is 11.9. The Morgan fingerprint density at radius 1 is 0.868 bits per heavy atom. The van der Waals surface area contributed by atoms with Crippen molar-refractivity contribution in [2.45, 2.75) is 76.7 Å². The van der Waals surface area contributed by atoms with Crippen LogP contribution >= 0.6 is 11.6 Å². The quantitative estimate of drug-likeness (QED) is 0.351. The van der Waals surface area contributed by atoms with Gasteiger partial charge in [-0.2, -0.15) is 0 Å². The van der Waals surface area contributed by atoms with Crippen LogP contribution in [0.2, 0.25) is 5.02 Å². The van der Waals surface area contributed by atoms with E-state index in [1.165, 1.54) is 98.8 Å². The first-order valence-electron chi connectivity index (χ1n) is 14.8. The molecule has 0 amide bonds. The molecule has 1 aromatic heterocycles. The fraction of sp³-hybridized carbons (Fsp3) is 0.531. The van der Waals surface area contributed by atoms with Crippen LogP contribution in [0.3, 0.4) is 0 Å². The minimum absolute atomic E-state index is 0.364. The monoisotopic (exact) mass is 533 g/mol. The zero-order valence-electron chi connectivity index (χ0n) is 22.4. The lowest BCUT2D eigenvalue weighted by atomic mass is 9.81. The summed E-state index contributed by atoms with van der Waals surface area (Å²) in [6.45, 7) is 6.36. The standard InChI is InChI=1S/C32H40ClN3O2/c33-25-12-14-27-28(22-25)35(18-8-17-34-15-6-1-2-7-16-34)19-20-36-29-21-24(32(37)38)11-13-26(29)30(31(27)36)23-9-4-3-5-10-23/h11-14,21-23H,1-10,15-20H2,(H,37,38). The second kappa shape index (κ2) is 11.3. The Labute approximate surface area is 231 Å². The number of carboxylic acids is 1. The van der Waals surface area contributed by atoms with E-state index >= 15 is 0 Å². The predicted octanol–water partition coefficient (Wildman–Crippen LogP) is 7.79. The summed E-state index contributed by atoms with van der Waals surface area (Å²) in [5.41, 5.74) is 6.61. The highest BCUT2D eigenvalue weighted by Gasteiger charge is 2.30. The number of carbonyl (C=O) groups is 1. The largest absolute Gasteiger partial charge is 0.478 e. The summed E-state index contributed by atoms with van der Waals surface area (Å²) in [6.07, 6.45) is 12.8. The maximum absolute atomic E-state index is 11.9. The maximum Gasteiger partial charge on any atom is 0.335 e. The third-order valence-electron chi connectivity index (χ3n) is 9.11. The number of aromatic nitrogens is 1. The Balaban J connectivity index is 1.40. The molecule has 3 heterocycles. The van der Waals surface area contributed by atoms with Crippen LogP contribution in [0.5, 0.6) is 0 Å². The first-order valence-corrected chi connectivity index (χ1v) is 15.1. The molecular weight excluding hydrogens is 494 g/mol. The van der Waals surface area contributed by atoms with Gasteiger partial charge >= 0.3 is 5.97 Å². The number of carboxylic acid groups (broad SMARTS) is 1. The number of hydrogen-bond donors (Lipinski definition) is 1. The Morgan fingerprint density at radius 3 is 2.39 bits per heavy atom. The number of likely N-dealkylation sites (tertiary alicyclic amines) is 1. The van der Waals surface area contributed by atoms with Crippen LogP contribution in [0, 0.1) is 0 Å². The Bertz CT molecular complexity index is 1300.